The number of phenols is 1. The maximum Gasteiger partial charge on any atom is 0.416 e. The molecule has 0 radical (unpaired) electrons. The molecule has 10 nitrogen and oxygen atoms in total. The molecule has 2 aromatic carbocycles. The molecule has 0 saturated heterocycles. The summed E-state index contributed by atoms with van der Waals surface area (Å²) in [6.07, 6.45) is 5.48. The molecule has 0 unspecified atom stereocenters. The summed E-state index contributed by atoms with van der Waals surface area (Å²) in [6.45, 7) is 7.28. The molecular formula is C38H47N3O7. The Kier molecular flexibility index (Phi) is 12.3. The summed E-state index contributed by atoms with van der Waals surface area (Å²) in [4.78, 5) is 56.6. The monoisotopic (exact) mass is 657 g/mol. The largest absolute Gasteiger partial charge is 0.508 e. The van der Waals surface area contributed by atoms with Crippen molar-refractivity contribution >= 4 is 29.6 Å². The first-order valence-electron chi connectivity index (χ1n) is 16.6. The van der Waals surface area contributed by atoms with Crippen LogP contribution in [0, 0.1) is 6.92 Å². The topological polar surface area (TPSA) is 135 Å². The Morgan fingerprint density at radius 2 is 1.69 bits per heavy atom. The second-order valence-corrected chi connectivity index (χ2v) is 13.3. The van der Waals surface area contributed by atoms with Crippen LogP contribution in [0.3, 0.4) is 0 Å². The number of aromatic hydroxyl groups is 1. The van der Waals surface area contributed by atoms with Gasteiger partial charge in [0.05, 0.1) is 20.1 Å². The van der Waals surface area contributed by atoms with Crippen molar-refractivity contribution in [2.45, 2.75) is 90.6 Å². The van der Waals surface area contributed by atoms with Crippen LogP contribution in [0.4, 0.5) is 10.6 Å². The molecular weight excluding hydrogens is 610 g/mol. The van der Waals surface area contributed by atoms with Crippen LogP contribution in [0.1, 0.15) is 87.5 Å². The predicted octanol–water partition coefficient (Wildman–Crippen LogP) is 6.59. The summed E-state index contributed by atoms with van der Waals surface area (Å²) in [5, 5.41) is 13.0. The molecule has 256 valence electrons. The Morgan fingerprint density at radius 3 is 2.35 bits per heavy atom. The van der Waals surface area contributed by atoms with Gasteiger partial charge in [0.25, 0.3) is 0 Å². The minimum Gasteiger partial charge on any atom is -0.508 e. The summed E-state index contributed by atoms with van der Waals surface area (Å²) in [7, 11) is 1.32. The van der Waals surface area contributed by atoms with Crippen molar-refractivity contribution in [3.63, 3.8) is 0 Å². The van der Waals surface area contributed by atoms with Crippen molar-refractivity contribution in [3.8, 4) is 16.9 Å². The standard InChI is InChI=1S/C38H47N3O7/c1-25-18-19-39-34(21-25)41(37(46)48-38(2,3)4)20-8-11-35(44)40-24-29(42)22-28(23-36(45)47-5)26-12-14-27(15-13-26)30-16-17-33(43)32-10-7-6-9-31(30)32/h12-19,21,28,43H,6-11,20,22-24H2,1-5H3,(H,40,44)/t28-/m0/s1. The van der Waals surface area contributed by atoms with Gasteiger partial charge in [0.2, 0.25) is 5.91 Å². The number of pyridine rings is 1. The smallest absolute Gasteiger partial charge is 0.416 e. The number of ketones is 1. The SMILES string of the molecule is COC(=O)C[C@H](CC(=O)CNC(=O)CCCN(C(=O)OC(C)(C)C)c1cc(C)ccn1)c1ccc(-c2ccc(O)c3c2CCCC3)cc1. The highest BCUT2D eigenvalue weighted by atomic mass is 16.6. The van der Waals surface area contributed by atoms with Gasteiger partial charge in [-0.15, -0.1) is 0 Å². The quantitative estimate of drug-likeness (QED) is 0.197. The van der Waals surface area contributed by atoms with Gasteiger partial charge in [-0.05, 0) is 111 Å². The minimum absolute atomic E-state index is 0.0254. The van der Waals surface area contributed by atoms with Crippen molar-refractivity contribution < 1.29 is 33.8 Å². The van der Waals surface area contributed by atoms with E-state index in [1.165, 1.54) is 17.6 Å². The number of methoxy groups -OCH3 is 1. The minimum atomic E-state index is -0.698. The van der Waals surface area contributed by atoms with E-state index in [1.54, 1.807) is 39.1 Å². The second kappa shape index (κ2) is 16.4. The first-order chi connectivity index (χ1) is 22.8. The number of ether oxygens (including phenoxy) is 2. The van der Waals surface area contributed by atoms with Crippen molar-refractivity contribution in [1.82, 2.24) is 10.3 Å². The third-order valence-electron chi connectivity index (χ3n) is 8.38. The van der Waals surface area contributed by atoms with Gasteiger partial charge in [-0.3, -0.25) is 19.3 Å². The highest BCUT2D eigenvalue weighted by molar-refractivity contribution is 5.88. The Labute approximate surface area is 282 Å². The number of nitrogens with one attached hydrogen (secondary N) is 1. The number of aryl methyl sites for hydroxylation is 1. The van der Waals surface area contributed by atoms with E-state index in [0.29, 0.717) is 18.0 Å². The number of carbonyl (C=O) groups is 4. The molecule has 1 atom stereocenters. The van der Waals surface area contributed by atoms with Crippen LogP contribution >= 0.6 is 0 Å². The van der Waals surface area contributed by atoms with Crippen LogP contribution in [-0.4, -0.2) is 59.6 Å². The number of hydrogen-bond donors (Lipinski definition) is 2. The van der Waals surface area contributed by atoms with Crippen molar-refractivity contribution in [3.05, 3.63) is 77.0 Å². The van der Waals surface area contributed by atoms with Crippen LogP contribution in [-0.2, 0) is 36.7 Å². The normalized spacial score (nSPS) is 13.2. The van der Waals surface area contributed by atoms with E-state index in [2.05, 4.69) is 10.3 Å². The second-order valence-electron chi connectivity index (χ2n) is 13.3. The number of fused-ring (bicyclic) bond motifs is 1. The zero-order valence-corrected chi connectivity index (χ0v) is 28.6. The molecule has 0 saturated carbocycles. The number of esters is 1. The molecule has 0 fully saturated rings. The molecule has 2 N–H and O–H groups in total. The lowest BCUT2D eigenvalue weighted by Crippen LogP contribution is -2.38. The molecule has 2 amide bonds. The molecule has 0 aliphatic heterocycles. The van der Waals surface area contributed by atoms with Gasteiger partial charge >= 0.3 is 12.1 Å². The molecule has 48 heavy (non-hydrogen) atoms. The summed E-state index contributed by atoms with van der Waals surface area (Å²) >= 11 is 0. The number of Topliss-reactive ketones (excluding diaryl/α,β-unsaturated/α-hetero) is 1. The number of nitrogens with zero attached hydrogens (tertiary/aromatic N) is 2. The van der Waals surface area contributed by atoms with E-state index < -0.39 is 23.6 Å². The number of amides is 2. The third kappa shape index (κ3) is 10.1. The van der Waals surface area contributed by atoms with Crippen molar-refractivity contribution in [2.75, 3.05) is 25.1 Å². The molecule has 1 aromatic heterocycles. The summed E-state index contributed by atoms with van der Waals surface area (Å²) in [5.74, 6) is -0.604. The first-order valence-corrected chi connectivity index (χ1v) is 16.6. The van der Waals surface area contributed by atoms with E-state index in [-0.39, 0.29) is 44.0 Å². The van der Waals surface area contributed by atoms with Crippen molar-refractivity contribution in [2.24, 2.45) is 0 Å². The third-order valence-corrected chi connectivity index (χ3v) is 8.38. The van der Waals surface area contributed by atoms with Crippen LogP contribution in [0.5, 0.6) is 5.75 Å². The number of anilines is 1. The molecule has 1 aliphatic carbocycles. The Balaban J connectivity index is 1.34. The number of phenolic OH excluding ortho intramolecular Hbond substituents is 1. The van der Waals surface area contributed by atoms with Crippen LogP contribution < -0.4 is 10.2 Å². The van der Waals surface area contributed by atoms with E-state index in [9.17, 15) is 24.3 Å². The molecule has 0 bridgehead atoms. The maximum atomic E-state index is 13.0. The molecule has 1 aliphatic rings. The van der Waals surface area contributed by atoms with Gasteiger partial charge in [0.1, 0.15) is 17.2 Å². The maximum absolute atomic E-state index is 13.0. The van der Waals surface area contributed by atoms with Gasteiger partial charge in [-0.1, -0.05) is 30.3 Å². The number of aromatic nitrogens is 1. The molecule has 1 heterocycles. The van der Waals surface area contributed by atoms with Crippen LogP contribution in [0.25, 0.3) is 11.1 Å². The summed E-state index contributed by atoms with van der Waals surface area (Å²) in [5.41, 5.74) is 5.35. The Bertz CT molecular complexity index is 1610. The predicted molar refractivity (Wildman–Crippen MR) is 184 cm³/mol. The van der Waals surface area contributed by atoms with Gasteiger partial charge in [0, 0.05) is 31.5 Å². The fourth-order valence-corrected chi connectivity index (χ4v) is 5.96. The molecule has 10 heteroatoms. The average molecular weight is 658 g/mol. The Morgan fingerprint density at radius 1 is 0.979 bits per heavy atom. The lowest BCUT2D eigenvalue weighted by Gasteiger charge is -2.27. The fourth-order valence-electron chi connectivity index (χ4n) is 5.96. The van der Waals surface area contributed by atoms with Gasteiger partial charge < -0.3 is 19.9 Å². The first kappa shape index (κ1) is 36.1. The van der Waals surface area contributed by atoms with Gasteiger partial charge in [0.15, 0.2) is 5.78 Å². The summed E-state index contributed by atoms with van der Waals surface area (Å²) in [6, 6.07) is 15.1. The highest BCUT2D eigenvalue weighted by Gasteiger charge is 2.25. The molecule has 3 aromatic rings. The molecule has 4 rings (SSSR count). The number of carbonyl (C=O) groups excluding carboxylic acids is 4. The van der Waals surface area contributed by atoms with E-state index in [0.717, 1.165) is 53.5 Å². The summed E-state index contributed by atoms with van der Waals surface area (Å²) < 4.78 is 10.5. The fraction of sp³-hybridized carbons (Fsp3) is 0.447. The lowest BCUT2D eigenvalue weighted by molar-refractivity contribution is -0.141. The van der Waals surface area contributed by atoms with Gasteiger partial charge in [-0.2, -0.15) is 0 Å². The van der Waals surface area contributed by atoms with E-state index in [4.69, 9.17) is 9.47 Å². The van der Waals surface area contributed by atoms with E-state index >= 15 is 0 Å². The van der Waals surface area contributed by atoms with E-state index in [1.807, 2.05) is 43.3 Å². The number of rotatable bonds is 13. The zero-order valence-electron chi connectivity index (χ0n) is 28.6. The zero-order chi connectivity index (χ0) is 34.8. The number of benzene rings is 2. The van der Waals surface area contributed by atoms with Crippen molar-refractivity contribution in [1.29, 1.82) is 0 Å². The van der Waals surface area contributed by atoms with Gasteiger partial charge in [-0.25, -0.2) is 9.78 Å². The molecule has 0 spiro atoms. The lowest BCUT2D eigenvalue weighted by atomic mass is 9.84. The Hall–Kier alpha value is -4.73. The number of hydrogen-bond acceptors (Lipinski definition) is 8. The average Bonchev–Trinajstić information content (AvgIpc) is 3.05. The highest BCUT2D eigenvalue weighted by Crippen LogP contribution is 2.37. The van der Waals surface area contributed by atoms with Crippen LogP contribution in [0.2, 0.25) is 0 Å². The van der Waals surface area contributed by atoms with Crippen LogP contribution in [0.15, 0.2) is 54.7 Å².